The van der Waals surface area contributed by atoms with Crippen molar-refractivity contribution in [2.24, 2.45) is 22.7 Å². The number of ketones is 1. The van der Waals surface area contributed by atoms with E-state index in [4.69, 9.17) is 0 Å². The monoisotopic (exact) mass is 416 g/mol. The van der Waals surface area contributed by atoms with Crippen molar-refractivity contribution in [3.05, 3.63) is 58.6 Å². The maximum atomic E-state index is 13.6. The van der Waals surface area contributed by atoms with Crippen LogP contribution in [-0.4, -0.2) is 26.9 Å². The number of aromatic nitrogens is 3. The molecule has 7 nitrogen and oxygen atoms in total. The minimum atomic E-state index is -0.543. The number of benzene rings is 1. The number of fused-ring (bicyclic) bond motifs is 1. The zero-order valence-corrected chi connectivity index (χ0v) is 18.7. The summed E-state index contributed by atoms with van der Waals surface area (Å²) in [5, 5.41) is 20.6. The maximum absolute atomic E-state index is 13.6. The Morgan fingerprint density at radius 1 is 1.26 bits per heavy atom. The first-order valence-corrected chi connectivity index (χ1v) is 10.9. The summed E-state index contributed by atoms with van der Waals surface area (Å²) in [6.45, 7) is 8.44. The van der Waals surface area contributed by atoms with E-state index in [0.717, 1.165) is 52.2 Å². The van der Waals surface area contributed by atoms with E-state index in [1.807, 2.05) is 20.2 Å². The number of aryl methyl sites for hydroxylation is 2. The largest absolute Gasteiger partial charge is 0.362 e. The summed E-state index contributed by atoms with van der Waals surface area (Å²) in [4.78, 5) is 13.6. The predicted octanol–water partition coefficient (Wildman–Crippen LogP) is 4.36. The first kappa shape index (κ1) is 19.8. The molecular weight excluding hydrogens is 388 g/mol. The molecule has 1 unspecified atom stereocenters. The molecule has 5 rings (SSSR count). The van der Waals surface area contributed by atoms with Crippen molar-refractivity contribution < 1.29 is 4.79 Å². The third-order valence-electron chi connectivity index (χ3n) is 6.93. The summed E-state index contributed by atoms with van der Waals surface area (Å²) < 4.78 is 1.80. The van der Waals surface area contributed by atoms with Crippen molar-refractivity contribution in [2.45, 2.75) is 58.5 Å². The van der Waals surface area contributed by atoms with Crippen LogP contribution in [0.2, 0.25) is 0 Å². The first-order chi connectivity index (χ1) is 14.8. The molecule has 0 saturated carbocycles. The van der Waals surface area contributed by atoms with Gasteiger partial charge in [0.2, 0.25) is 0 Å². The van der Waals surface area contributed by atoms with E-state index >= 15 is 0 Å². The zero-order chi connectivity index (χ0) is 22.0. The second-order valence-electron chi connectivity index (χ2n) is 9.64. The number of carbonyl (C=O) groups is 1. The first-order valence-electron chi connectivity index (χ1n) is 10.9. The number of azo groups is 1. The molecule has 0 saturated heterocycles. The number of Topliss-reactive ketones (excluding diaryl/α,β-unsaturated/α-hetero) is 1. The lowest BCUT2D eigenvalue weighted by Crippen LogP contribution is -2.51. The van der Waals surface area contributed by atoms with Gasteiger partial charge in [-0.25, -0.2) is 4.68 Å². The van der Waals surface area contributed by atoms with Crippen LogP contribution in [0, 0.1) is 12.3 Å². The smallest absolute Gasteiger partial charge is 0.164 e. The van der Waals surface area contributed by atoms with Crippen molar-refractivity contribution in [1.29, 1.82) is 0 Å². The molecule has 1 aromatic carbocycles. The van der Waals surface area contributed by atoms with Crippen molar-refractivity contribution in [3.63, 3.8) is 0 Å². The van der Waals surface area contributed by atoms with Gasteiger partial charge in [0.05, 0.1) is 23.0 Å². The van der Waals surface area contributed by atoms with Gasteiger partial charge in [-0.05, 0) is 36.8 Å². The summed E-state index contributed by atoms with van der Waals surface area (Å²) in [5.41, 5.74) is 6.36. The summed E-state index contributed by atoms with van der Waals surface area (Å²) in [6, 6.07) is 8.46. The van der Waals surface area contributed by atoms with Crippen molar-refractivity contribution >= 4 is 5.78 Å². The lowest BCUT2D eigenvalue weighted by atomic mass is 9.58. The molecule has 3 aliphatic rings. The maximum Gasteiger partial charge on any atom is 0.164 e. The molecule has 0 radical (unpaired) electrons. The van der Waals surface area contributed by atoms with E-state index in [0.29, 0.717) is 6.42 Å². The van der Waals surface area contributed by atoms with Gasteiger partial charge in [-0.15, -0.1) is 5.10 Å². The summed E-state index contributed by atoms with van der Waals surface area (Å²) >= 11 is 0. The van der Waals surface area contributed by atoms with Crippen molar-refractivity contribution in [3.8, 4) is 11.3 Å². The molecule has 0 amide bonds. The minimum Gasteiger partial charge on any atom is -0.362 e. The van der Waals surface area contributed by atoms with Gasteiger partial charge in [-0.2, -0.15) is 10.2 Å². The highest BCUT2D eigenvalue weighted by Gasteiger charge is 2.53. The third-order valence-corrected chi connectivity index (χ3v) is 6.93. The molecule has 31 heavy (non-hydrogen) atoms. The average Bonchev–Trinajstić information content (AvgIpc) is 3.31. The molecule has 7 heteroatoms. The van der Waals surface area contributed by atoms with E-state index in [-0.39, 0.29) is 17.4 Å². The van der Waals surface area contributed by atoms with E-state index in [1.165, 1.54) is 0 Å². The van der Waals surface area contributed by atoms with Gasteiger partial charge in [0.15, 0.2) is 11.9 Å². The Bertz CT molecular complexity index is 1160. The third kappa shape index (κ3) is 2.82. The fourth-order valence-corrected chi connectivity index (χ4v) is 5.68. The van der Waals surface area contributed by atoms with Crippen LogP contribution >= 0.6 is 0 Å². The van der Waals surface area contributed by atoms with Gasteiger partial charge in [-0.3, -0.25) is 4.79 Å². The molecule has 160 valence electrons. The molecule has 0 fully saturated rings. The summed E-state index contributed by atoms with van der Waals surface area (Å²) in [6.07, 6.45) is 3.77. The molecule has 1 aliphatic carbocycles. The minimum absolute atomic E-state index is 0.0707. The number of nitrogens with zero attached hydrogens (tertiary/aromatic N) is 5. The molecule has 0 spiro atoms. The highest BCUT2D eigenvalue weighted by molar-refractivity contribution is 6.01. The van der Waals surface area contributed by atoms with E-state index in [2.05, 4.69) is 70.9 Å². The molecule has 2 aliphatic heterocycles. The van der Waals surface area contributed by atoms with Gasteiger partial charge in [-0.1, -0.05) is 44.2 Å². The Hall–Kier alpha value is -3.09. The number of hydrogen-bond donors (Lipinski definition) is 1. The molecular formula is C24H28N6O. The zero-order valence-electron chi connectivity index (χ0n) is 18.7. The normalized spacial score (nSPS) is 26.4. The number of hydrogen-bond acceptors (Lipinski definition) is 6. The molecule has 0 bridgehead atoms. The topological polar surface area (TPSA) is 84.5 Å². The molecule has 2 aromatic rings. The average molecular weight is 417 g/mol. The van der Waals surface area contributed by atoms with E-state index < -0.39 is 5.41 Å². The number of rotatable bonds is 3. The molecule has 1 aromatic heterocycles. The number of nitrogens with one attached hydrogen (secondary N) is 1. The second kappa shape index (κ2) is 6.70. The van der Waals surface area contributed by atoms with Crippen LogP contribution in [0.3, 0.4) is 0 Å². The Morgan fingerprint density at radius 3 is 2.77 bits per heavy atom. The standard InChI is InChI=1S/C24H28N6O/c1-6-24(16-9-7-8-15(10-16)21-14(2)27-29-30(21)5)17-13-25-28-22(17)26-18-11-23(3,4)12-19(31)20(18)24/h7-10,13,22,26H,6,11-12H2,1-5H3/t22?,24-/m1/s1. The fraction of sp³-hybridized carbons (Fsp3) is 0.458. The van der Waals surface area contributed by atoms with Crippen LogP contribution in [-0.2, 0) is 17.3 Å². The Labute approximate surface area is 182 Å². The molecule has 1 N–H and O–H groups in total. The molecule has 2 atom stereocenters. The van der Waals surface area contributed by atoms with Crippen LogP contribution in [0.15, 0.2) is 57.5 Å². The number of allylic oxidation sites excluding steroid dienone is 2. The van der Waals surface area contributed by atoms with Gasteiger partial charge in [0, 0.05) is 35.9 Å². The fourth-order valence-electron chi connectivity index (χ4n) is 5.68. The van der Waals surface area contributed by atoms with Gasteiger partial charge in [0.25, 0.3) is 0 Å². The van der Waals surface area contributed by atoms with Crippen molar-refractivity contribution in [2.75, 3.05) is 0 Å². The quantitative estimate of drug-likeness (QED) is 0.806. The van der Waals surface area contributed by atoms with Crippen LogP contribution in [0.4, 0.5) is 0 Å². The highest BCUT2D eigenvalue weighted by atomic mass is 16.1. The van der Waals surface area contributed by atoms with Gasteiger partial charge in [0.1, 0.15) is 0 Å². The lowest BCUT2D eigenvalue weighted by Gasteiger charge is -2.47. The Balaban J connectivity index is 1.76. The lowest BCUT2D eigenvalue weighted by molar-refractivity contribution is -0.119. The Kier molecular flexibility index (Phi) is 4.29. The summed E-state index contributed by atoms with van der Waals surface area (Å²) in [7, 11) is 1.91. The van der Waals surface area contributed by atoms with E-state index in [9.17, 15) is 4.79 Å². The van der Waals surface area contributed by atoms with Gasteiger partial charge >= 0.3 is 0 Å². The highest BCUT2D eigenvalue weighted by Crippen LogP contribution is 2.54. The van der Waals surface area contributed by atoms with Crippen LogP contribution in [0.5, 0.6) is 0 Å². The van der Waals surface area contributed by atoms with Gasteiger partial charge < -0.3 is 5.32 Å². The summed E-state index contributed by atoms with van der Waals surface area (Å²) in [5.74, 6) is 0.218. The molecule has 3 heterocycles. The number of carbonyl (C=O) groups excluding carboxylic acids is 1. The second-order valence-corrected chi connectivity index (χ2v) is 9.64. The predicted molar refractivity (Wildman–Crippen MR) is 118 cm³/mol. The van der Waals surface area contributed by atoms with Crippen LogP contribution in [0.25, 0.3) is 11.3 Å². The van der Waals surface area contributed by atoms with E-state index in [1.54, 1.807) is 4.68 Å². The van der Waals surface area contributed by atoms with Crippen LogP contribution < -0.4 is 5.32 Å². The van der Waals surface area contributed by atoms with Crippen molar-refractivity contribution in [1.82, 2.24) is 20.3 Å². The van der Waals surface area contributed by atoms with Crippen LogP contribution in [0.1, 0.15) is 51.3 Å². The SMILES string of the molecule is CC[C@@]1(c2cccc(-c3c(C)nnn3C)c2)C2=CN=NC2NC2=C1C(=O)CC(C)(C)C2. The Morgan fingerprint density at radius 2 is 2.06 bits per heavy atom.